The Kier molecular flexibility index (Phi) is 1.80. The van der Waals surface area contributed by atoms with Crippen LogP contribution in [0.5, 0.6) is 0 Å². The van der Waals surface area contributed by atoms with E-state index in [1.165, 1.54) is 17.5 Å². The van der Waals surface area contributed by atoms with Gasteiger partial charge in [-0.05, 0) is 35.8 Å². The smallest absolute Gasteiger partial charge is 0.00156 e. The highest BCUT2D eigenvalue weighted by Gasteiger charge is 2.25. The molecule has 2 unspecified atom stereocenters. The molecule has 2 atom stereocenters. The second-order valence-electron chi connectivity index (χ2n) is 4.08. The van der Waals surface area contributed by atoms with Gasteiger partial charge in [0.2, 0.25) is 0 Å². The van der Waals surface area contributed by atoms with Crippen LogP contribution in [0.1, 0.15) is 11.1 Å². The number of allylic oxidation sites excluding steroid dienone is 4. The SMILES string of the molecule is [CH]1c2ccccc2CC2C=CC=CC12. The maximum atomic E-state index is 2.39. The molecule has 3 rings (SSSR count). The summed E-state index contributed by atoms with van der Waals surface area (Å²) in [6, 6.07) is 8.72. The lowest BCUT2D eigenvalue weighted by molar-refractivity contribution is 0.504. The van der Waals surface area contributed by atoms with Crippen molar-refractivity contribution in [2.24, 2.45) is 11.8 Å². The van der Waals surface area contributed by atoms with Gasteiger partial charge in [-0.15, -0.1) is 0 Å². The van der Waals surface area contributed by atoms with Gasteiger partial charge in [0, 0.05) is 0 Å². The molecule has 0 heteroatoms. The fourth-order valence-electron chi connectivity index (χ4n) is 2.40. The molecule has 0 aromatic heterocycles. The summed E-state index contributed by atoms with van der Waals surface area (Å²) < 4.78 is 0. The quantitative estimate of drug-likeness (QED) is 0.576. The highest BCUT2D eigenvalue weighted by atomic mass is 14.3. The number of hydrogen-bond donors (Lipinski definition) is 0. The molecule has 0 aliphatic heterocycles. The van der Waals surface area contributed by atoms with Crippen LogP contribution in [0.15, 0.2) is 48.6 Å². The minimum Gasteiger partial charge on any atom is -0.0805 e. The van der Waals surface area contributed by atoms with Gasteiger partial charge in [-0.2, -0.15) is 0 Å². The molecular weight excluding hydrogens is 168 g/mol. The first kappa shape index (κ1) is 8.05. The van der Waals surface area contributed by atoms with E-state index in [4.69, 9.17) is 0 Å². The van der Waals surface area contributed by atoms with Crippen molar-refractivity contribution in [3.8, 4) is 0 Å². The summed E-state index contributed by atoms with van der Waals surface area (Å²) in [6.07, 6.45) is 12.5. The molecule has 0 fully saturated rings. The number of rotatable bonds is 0. The summed E-state index contributed by atoms with van der Waals surface area (Å²) in [5.74, 6) is 1.31. The molecule has 0 spiro atoms. The molecule has 1 radical (unpaired) electrons. The van der Waals surface area contributed by atoms with Gasteiger partial charge in [0.15, 0.2) is 0 Å². The molecule has 0 saturated carbocycles. The zero-order valence-electron chi connectivity index (χ0n) is 8.06. The van der Waals surface area contributed by atoms with Crippen LogP contribution in [0.25, 0.3) is 0 Å². The van der Waals surface area contributed by atoms with E-state index in [1.54, 1.807) is 0 Å². The molecule has 0 heterocycles. The summed E-state index contributed by atoms with van der Waals surface area (Å²) in [4.78, 5) is 0. The van der Waals surface area contributed by atoms with Crippen LogP contribution in [0, 0.1) is 18.3 Å². The largest absolute Gasteiger partial charge is 0.0805 e. The van der Waals surface area contributed by atoms with Crippen LogP contribution in [-0.2, 0) is 6.42 Å². The highest BCUT2D eigenvalue weighted by molar-refractivity contribution is 5.40. The Hall–Kier alpha value is -1.30. The van der Waals surface area contributed by atoms with E-state index in [2.05, 4.69) is 55.0 Å². The Labute approximate surface area is 85.0 Å². The molecule has 0 amide bonds. The Balaban J connectivity index is 2.00. The third kappa shape index (κ3) is 1.22. The maximum absolute atomic E-state index is 2.39. The average Bonchev–Trinajstić information content (AvgIpc) is 2.26. The van der Waals surface area contributed by atoms with Gasteiger partial charge in [0.25, 0.3) is 0 Å². The predicted molar refractivity (Wildman–Crippen MR) is 58.8 cm³/mol. The van der Waals surface area contributed by atoms with E-state index in [9.17, 15) is 0 Å². The lowest BCUT2D eigenvalue weighted by Crippen LogP contribution is -2.22. The minimum absolute atomic E-state index is 0.620. The van der Waals surface area contributed by atoms with Crippen LogP contribution in [0.3, 0.4) is 0 Å². The van der Waals surface area contributed by atoms with Gasteiger partial charge in [-0.3, -0.25) is 0 Å². The van der Waals surface area contributed by atoms with Gasteiger partial charge in [-0.1, -0.05) is 48.6 Å². The first-order valence-corrected chi connectivity index (χ1v) is 5.21. The first-order valence-electron chi connectivity index (χ1n) is 5.21. The van der Waals surface area contributed by atoms with E-state index in [0.717, 1.165) is 0 Å². The summed E-state index contributed by atoms with van der Waals surface area (Å²) in [7, 11) is 0. The van der Waals surface area contributed by atoms with E-state index >= 15 is 0 Å². The summed E-state index contributed by atoms with van der Waals surface area (Å²) in [5.41, 5.74) is 2.92. The first-order chi connectivity index (χ1) is 6.93. The van der Waals surface area contributed by atoms with Crippen molar-refractivity contribution in [1.29, 1.82) is 0 Å². The van der Waals surface area contributed by atoms with Crippen LogP contribution >= 0.6 is 0 Å². The van der Waals surface area contributed by atoms with Crippen molar-refractivity contribution in [2.45, 2.75) is 6.42 Å². The topological polar surface area (TPSA) is 0 Å². The third-order valence-corrected chi connectivity index (χ3v) is 3.18. The molecule has 2 aliphatic carbocycles. The van der Waals surface area contributed by atoms with Crippen molar-refractivity contribution < 1.29 is 0 Å². The Morgan fingerprint density at radius 1 is 1.00 bits per heavy atom. The van der Waals surface area contributed by atoms with Gasteiger partial charge in [-0.25, -0.2) is 0 Å². The normalized spacial score (nSPS) is 28.3. The van der Waals surface area contributed by atoms with Gasteiger partial charge in [0.1, 0.15) is 0 Å². The minimum atomic E-state index is 0.620. The van der Waals surface area contributed by atoms with Crippen LogP contribution in [0.4, 0.5) is 0 Å². The highest BCUT2D eigenvalue weighted by Crippen LogP contribution is 2.34. The van der Waals surface area contributed by atoms with Crippen molar-refractivity contribution in [3.05, 3.63) is 66.1 Å². The molecular formula is C14H13. The van der Waals surface area contributed by atoms with E-state index < -0.39 is 0 Å². The standard InChI is InChI=1S/C14H13/c1-2-6-12-10-14-8-4-3-7-13(14)9-11(12)5-1/h1-9,11-12H,10H2. The van der Waals surface area contributed by atoms with E-state index in [1.807, 2.05) is 0 Å². The lowest BCUT2D eigenvalue weighted by atomic mass is 9.74. The zero-order chi connectivity index (χ0) is 9.38. The van der Waals surface area contributed by atoms with E-state index in [-0.39, 0.29) is 0 Å². The monoisotopic (exact) mass is 181 g/mol. The Morgan fingerprint density at radius 3 is 2.86 bits per heavy atom. The molecule has 1 aromatic carbocycles. The molecule has 0 N–H and O–H groups in total. The fourth-order valence-corrected chi connectivity index (χ4v) is 2.40. The molecule has 0 saturated heterocycles. The van der Waals surface area contributed by atoms with Crippen molar-refractivity contribution >= 4 is 0 Å². The number of fused-ring (bicyclic) bond motifs is 2. The molecule has 0 nitrogen and oxygen atoms in total. The zero-order valence-corrected chi connectivity index (χ0v) is 8.06. The predicted octanol–water partition coefficient (Wildman–Crippen LogP) is 3.15. The van der Waals surface area contributed by atoms with E-state index in [0.29, 0.717) is 11.8 Å². The molecule has 0 bridgehead atoms. The van der Waals surface area contributed by atoms with Gasteiger partial charge < -0.3 is 0 Å². The van der Waals surface area contributed by atoms with Crippen LogP contribution < -0.4 is 0 Å². The lowest BCUT2D eigenvalue weighted by Gasteiger charge is -2.30. The van der Waals surface area contributed by atoms with Crippen molar-refractivity contribution in [3.63, 3.8) is 0 Å². The third-order valence-electron chi connectivity index (χ3n) is 3.18. The maximum Gasteiger partial charge on any atom is -0.00156 e. The van der Waals surface area contributed by atoms with Gasteiger partial charge >= 0.3 is 0 Å². The number of benzene rings is 1. The summed E-state index contributed by atoms with van der Waals surface area (Å²) in [6.45, 7) is 0. The molecule has 69 valence electrons. The average molecular weight is 181 g/mol. The number of hydrogen-bond acceptors (Lipinski definition) is 0. The Morgan fingerprint density at radius 2 is 1.86 bits per heavy atom. The second-order valence-corrected chi connectivity index (χ2v) is 4.08. The molecule has 14 heavy (non-hydrogen) atoms. The van der Waals surface area contributed by atoms with Crippen molar-refractivity contribution in [1.82, 2.24) is 0 Å². The fraction of sp³-hybridized carbons (Fsp3) is 0.214. The second kappa shape index (κ2) is 3.13. The summed E-state index contributed by atoms with van der Waals surface area (Å²) in [5, 5.41) is 0. The Bertz CT molecular complexity index is 359. The summed E-state index contributed by atoms with van der Waals surface area (Å²) >= 11 is 0. The van der Waals surface area contributed by atoms with Crippen LogP contribution in [-0.4, -0.2) is 0 Å². The molecule has 2 aliphatic rings. The molecule has 1 aromatic rings. The van der Waals surface area contributed by atoms with Gasteiger partial charge in [0.05, 0.1) is 0 Å². The van der Waals surface area contributed by atoms with Crippen LogP contribution in [0.2, 0.25) is 0 Å². The van der Waals surface area contributed by atoms with Crippen molar-refractivity contribution in [2.75, 3.05) is 0 Å².